The van der Waals surface area contributed by atoms with E-state index in [1.807, 2.05) is 0 Å². The Morgan fingerprint density at radius 1 is 1.10 bits per heavy atom. The third-order valence-electron chi connectivity index (χ3n) is 4.06. The Morgan fingerprint density at radius 3 is 2.00 bits per heavy atom. The summed E-state index contributed by atoms with van der Waals surface area (Å²) in [5.74, 6) is -0.213. The van der Waals surface area contributed by atoms with Crippen molar-refractivity contribution in [2.45, 2.75) is 38.5 Å². The van der Waals surface area contributed by atoms with E-state index in [1.165, 1.54) is 9.80 Å². The summed E-state index contributed by atoms with van der Waals surface area (Å²) in [6, 6.07) is 0. The van der Waals surface area contributed by atoms with Crippen molar-refractivity contribution in [1.82, 2.24) is 9.80 Å². The first-order chi connectivity index (χ1) is 9.31. The summed E-state index contributed by atoms with van der Waals surface area (Å²) in [6.07, 6.45) is 5.52. The molecule has 1 fully saturated rings. The molecule has 1 rings (SSSR count). The van der Waals surface area contributed by atoms with Crippen LogP contribution in [-0.4, -0.2) is 54.3 Å². The third kappa shape index (κ3) is 3.69. The molecule has 20 heavy (non-hydrogen) atoms. The van der Waals surface area contributed by atoms with E-state index in [0.717, 1.165) is 25.7 Å². The fourth-order valence-corrected chi connectivity index (χ4v) is 2.97. The van der Waals surface area contributed by atoms with Gasteiger partial charge in [-0.2, -0.15) is 0 Å². The number of nitrogens with two attached hydrogens (primary N) is 1. The number of carbonyl (C=O) groups excluding carboxylic acids is 2. The SMILES string of the molecule is CN(C)C(=O)CN(C)C(=O)C1(C(N)=S)CCCCCC1. The van der Waals surface area contributed by atoms with E-state index < -0.39 is 5.41 Å². The minimum absolute atomic E-state index is 0.0657. The summed E-state index contributed by atoms with van der Waals surface area (Å²) >= 11 is 5.18. The van der Waals surface area contributed by atoms with Gasteiger partial charge in [-0.05, 0) is 12.8 Å². The molecule has 1 aliphatic rings. The van der Waals surface area contributed by atoms with Gasteiger partial charge in [-0.1, -0.05) is 37.9 Å². The molecule has 6 heteroatoms. The number of hydrogen-bond donors (Lipinski definition) is 1. The molecule has 0 spiro atoms. The first-order valence-corrected chi connectivity index (χ1v) is 7.48. The van der Waals surface area contributed by atoms with Gasteiger partial charge in [-0.15, -0.1) is 0 Å². The third-order valence-corrected chi connectivity index (χ3v) is 4.45. The van der Waals surface area contributed by atoms with Gasteiger partial charge in [0.2, 0.25) is 11.8 Å². The van der Waals surface area contributed by atoms with Crippen molar-refractivity contribution in [2.75, 3.05) is 27.7 Å². The molecular weight excluding hydrogens is 274 g/mol. The Labute approximate surface area is 126 Å². The van der Waals surface area contributed by atoms with Gasteiger partial charge >= 0.3 is 0 Å². The molecule has 0 radical (unpaired) electrons. The average molecular weight is 299 g/mol. The molecule has 1 aliphatic carbocycles. The summed E-state index contributed by atoms with van der Waals surface area (Å²) in [5.41, 5.74) is 5.13. The topological polar surface area (TPSA) is 66.6 Å². The lowest BCUT2D eigenvalue weighted by molar-refractivity contribution is -0.142. The lowest BCUT2D eigenvalue weighted by Gasteiger charge is -2.34. The first kappa shape index (κ1) is 16.9. The normalized spacial score (nSPS) is 17.9. The van der Waals surface area contributed by atoms with Crippen molar-refractivity contribution in [1.29, 1.82) is 0 Å². The molecule has 0 aromatic rings. The maximum atomic E-state index is 12.8. The van der Waals surface area contributed by atoms with Crippen molar-refractivity contribution in [3.8, 4) is 0 Å². The first-order valence-electron chi connectivity index (χ1n) is 7.07. The molecule has 1 saturated carbocycles. The molecule has 0 unspecified atom stereocenters. The van der Waals surface area contributed by atoms with Crippen LogP contribution in [0.3, 0.4) is 0 Å². The number of rotatable bonds is 4. The minimum atomic E-state index is -0.757. The van der Waals surface area contributed by atoms with Crippen LogP contribution < -0.4 is 5.73 Å². The van der Waals surface area contributed by atoms with Crippen LogP contribution in [0.25, 0.3) is 0 Å². The van der Waals surface area contributed by atoms with E-state index in [4.69, 9.17) is 18.0 Å². The Kier molecular flexibility index (Phi) is 5.92. The number of amides is 2. The number of nitrogens with zero attached hydrogens (tertiary/aromatic N) is 2. The molecule has 0 heterocycles. The van der Waals surface area contributed by atoms with Gasteiger partial charge < -0.3 is 15.5 Å². The zero-order chi connectivity index (χ0) is 15.3. The van der Waals surface area contributed by atoms with Crippen molar-refractivity contribution < 1.29 is 9.59 Å². The van der Waals surface area contributed by atoms with Crippen LogP contribution in [0.15, 0.2) is 0 Å². The van der Waals surface area contributed by atoms with Gasteiger partial charge in [0.1, 0.15) is 0 Å². The fourth-order valence-electron chi connectivity index (χ4n) is 2.68. The van der Waals surface area contributed by atoms with Crippen molar-refractivity contribution in [3.63, 3.8) is 0 Å². The van der Waals surface area contributed by atoms with Gasteiger partial charge in [-0.3, -0.25) is 9.59 Å². The van der Waals surface area contributed by atoms with E-state index in [2.05, 4.69) is 0 Å². The molecule has 0 aromatic heterocycles. The summed E-state index contributed by atoms with van der Waals surface area (Å²) in [5, 5.41) is 0. The van der Waals surface area contributed by atoms with Crippen LogP contribution in [0.2, 0.25) is 0 Å². The van der Waals surface area contributed by atoms with Crippen molar-refractivity contribution in [2.24, 2.45) is 11.1 Å². The zero-order valence-electron chi connectivity index (χ0n) is 12.6. The Morgan fingerprint density at radius 2 is 1.60 bits per heavy atom. The Bertz CT molecular complexity index is 388. The number of carbonyl (C=O) groups is 2. The standard InChI is InChI=1S/C14H25N3O2S/c1-16(2)11(18)10-17(3)13(19)14(12(15)20)8-6-4-5-7-9-14/h4-10H2,1-3H3,(H2,15,20). The second-order valence-electron chi connectivity index (χ2n) is 5.81. The lowest BCUT2D eigenvalue weighted by atomic mass is 9.79. The summed E-state index contributed by atoms with van der Waals surface area (Å²) in [4.78, 5) is 27.7. The van der Waals surface area contributed by atoms with E-state index in [-0.39, 0.29) is 23.3 Å². The molecule has 0 aliphatic heterocycles. The van der Waals surface area contributed by atoms with Gasteiger partial charge in [0.15, 0.2) is 0 Å². The Balaban J connectivity index is 2.88. The predicted molar refractivity (Wildman–Crippen MR) is 83.3 cm³/mol. The maximum absolute atomic E-state index is 12.8. The van der Waals surface area contributed by atoms with Crippen LogP contribution >= 0.6 is 12.2 Å². The van der Waals surface area contributed by atoms with Crippen LogP contribution in [0.4, 0.5) is 0 Å². The average Bonchev–Trinajstić information content (AvgIpc) is 2.63. The maximum Gasteiger partial charge on any atom is 0.241 e. The van der Waals surface area contributed by atoms with E-state index in [1.54, 1.807) is 21.1 Å². The van der Waals surface area contributed by atoms with Gasteiger partial charge in [0.05, 0.1) is 16.9 Å². The van der Waals surface area contributed by atoms with Crippen LogP contribution in [-0.2, 0) is 9.59 Å². The number of hydrogen-bond acceptors (Lipinski definition) is 3. The van der Waals surface area contributed by atoms with E-state index >= 15 is 0 Å². The van der Waals surface area contributed by atoms with E-state index in [9.17, 15) is 9.59 Å². The van der Waals surface area contributed by atoms with Crippen LogP contribution in [0.1, 0.15) is 38.5 Å². The highest BCUT2D eigenvalue weighted by Gasteiger charge is 2.43. The molecule has 2 amide bonds. The molecule has 0 bridgehead atoms. The number of thiocarbonyl (C=S) groups is 1. The van der Waals surface area contributed by atoms with Crippen molar-refractivity contribution in [3.05, 3.63) is 0 Å². The molecule has 114 valence electrons. The Hall–Kier alpha value is -1.17. The lowest BCUT2D eigenvalue weighted by Crippen LogP contribution is -2.51. The highest BCUT2D eigenvalue weighted by molar-refractivity contribution is 7.80. The monoisotopic (exact) mass is 299 g/mol. The van der Waals surface area contributed by atoms with Gasteiger partial charge in [-0.25, -0.2) is 0 Å². The highest BCUT2D eigenvalue weighted by Crippen LogP contribution is 2.37. The molecule has 0 atom stereocenters. The van der Waals surface area contributed by atoms with E-state index in [0.29, 0.717) is 12.8 Å². The summed E-state index contributed by atoms with van der Waals surface area (Å²) in [6.45, 7) is 0.0657. The largest absolute Gasteiger partial charge is 0.392 e. The molecule has 0 saturated heterocycles. The van der Waals surface area contributed by atoms with Gasteiger partial charge in [0.25, 0.3) is 0 Å². The molecular formula is C14H25N3O2S. The molecule has 2 N–H and O–H groups in total. The number of likely N-dealkylation sites (N-methyl/N-ethyl adjacent to an activating group) is 2. The minimum Gasteiger partial charge on any atom is -0.392 e. The second-order valence-corrected chi connectivity index (χ2v) is 6.25. The molecule has 5 nitrogen and oxygen atoms in total. The molecule has 0 aromatic carbocycles. The fraction of sp³-hybridized carbons (Fsp3) is 0.786. The second kappa shape index (κ2) is 7.02. The van der Waals surface area contributed by atoms with Crippen LogP contribution in [0, 0.1) is 5.41 Å². The highest BCUT2D eigenvalue weighted by atomic mass is 32.1. The summed E-state index contributed by atoms with van der Waals surface area (Å²) in [7, 11) is 5.00. The predicted octanol–water partition coefficient (Wildman–Crippen LogP) is 1.16. The quantitative estimate of drug-likeness (QED) is 0.625. The van der Waals surface area contributed by atoms with Gasteiger partial charge in [0, 0.05) is 21.1 Å². The summed E-state index contributed by atoms with van der Waals surface area (Å²) < 4.78 is 0. The zero-order valence-corrected chi connectivity index (χ0v) is 13.5. The van der Waals surface area contributed by atoms with Crippen molar-refractivity contribution >= 4 is 29.0 Å². The smallest absolute Gasteiger partial charge is 0.241 e. The van der Waals surface area contributed by atoms with Crippen LogP contribution in [0.5, 0.6) is 0 Å².